The molecule has 45 heavy (non-hydrogen) atoms. The van der Waals surface area contributed by atoms with E-state index < -0.39 is 61.4 Å². The Morgan fingerprint density at radius 3 is 1.56 bits per heavy atom. The highest BCUT2D eigenvalue weighted by Crippen LogP contribution is 2.44. The van der Waals surface area contributed by atoms with Crippen molar-refractivity contribution < 1.29 is 43.0 Å². The van der Waals surface area contributed by atoms with E-state index in [-0.39, 0.29) is 37.6 Å². The second kappa shape index (κ2) is 16.8. The van der Waals surface area contributed by atoms with Crippen LogP contribution in [0.1, 0.15) is 44.7 Å². The van der Waals surface area contributed by atoms with E-state index in [1.807, 2.05) is 76.2 Å². The predicted molar refractivity (Wildman–Crippen MR) is 163 cm³/mol. The Morgan fingerprint density at radius 2 is 1.07 bits per heavy atom. The van der Waals surface area contributed by atoms with Gasteiger partial charge in [-0.05, 0) is 34.1 Å². The summed E-state index contributed by atoms with van der Waals surface area (Å²) in [5.41, 5.74) is 4.28. The van der Waals surface area contributed by atoms with Gasteiger partial charge in [0.2, 0.25) is 23.8 Å². The number of benzene rings is 2. The Hall–Kier alpha value is -4.94. The summed E-state index contributed by atoms with van der Waals surface area (Å²) in [7, 11) is 0. The SMILES string of the molecule is CC(C)COC(=O)C(NC(=O)CNC(=O)CNC(=O)CNC(=O)OCC1c2ccccc2-c2ccccc21)C(=O)OCC(C)C. The van der Waals surface area contributed by atoms with Crippen molar-refractivity contribution in [1.29, 1.82) is 0 Å². The maximum atomic E-state index is 12.4. The van der Waals surface area contributed by atoms with Crippen LogP contribution in [-0.2, 0) is 38.2 Å². The van der Waals surface area contributed by atoms with Gasteiger partial charge in [-0.15, -0.1) is 0 Å². The van der Waals surface area contributed by atoms with Gasteiger partial charge in [-0.25, -0.2) is 14.4 Å². The highest BCUT2D eigenvalue weighted by atomic mass is 16.6. The Bertz CT molecular complexity index is 1320. The summed E-state index contributed by atoms with van der Waals surface area (Å²) in [6.45, 7) is 5.87. The summed E-state index contributed by atoms with van der Waals surface area (Å²) in [6.07, 6.45) is -0.790. The normalized spacial score (nSPS) is 11.8. The van der Waals surface area contributed by atoms with Crippen LogP contribution in [0.2, 0.25) is 0 Å². The van der Waals surface area contributed by atoms with Gasteiger partial charge in [0.05, 0.1) is 26.3 Å². The van der Waals surface area contributed by atoms with E-state index in [0.29, 0.717) is 0 Å². The fourth-order valence-corrected chi connectivity index (χ4v) is 4.37. The zero-order chi connectivity index (χ0) is 32.9. The van der Waals surface area contributed by atoms with Crippen LogP contribution in [0.5, 0.6) is 0 Å². The van der Waals surface area contributed by atoms with E-state index in [4.69, 9.17) is 14.2 Å². The van der Waals surface area contributed by atoms with E-state index in [1.54, 1.807) is 0 Å². The van der Waals surface area contributed by atoms with Crippen molar-refractivity contribution in [3.05, 3.63) is 59.7 Å². The summed E-state index contributed by atoms with van der Waals surface area (Å²) >= 11 is 0. The van der Waals surface area contributed by atoms with Crippen molar-refractivity contribution in [1.82, 2.24) is 21.3 Å². The molecule has 0 aliphatic heterocycles. The fraction of sp³-hybridized carbons (Fsp3) is 0.438. The zero-order valence-electron chi connectivity index (χ0n) is 25.8. The third-order valence-electron chi connectivity index (χ3n) is 6.52. The first-order chi connectivity index (χ1) is 21.5. The van der Waals surface area contributed by atoms with Gasteiger partial charge in [0, 0.05) is 5.92 Å². The molecule has 0 aromatic heterocycles. The Balaban J connectivity index is 1.37. The molecule has 0 saturated heterocycles. The van der Waals surface area contributed by atoms with Crippen LogP contribution >= 0.6 is 0 Å². The quantitative estimate of drug-likeness (QED) is 0.130. The van der Waals surface area contributed by atoms with Crippen LogP contribution in [0.25, 0.3) is 11.1 Å². The second-order valence-corrected chi connectivity index (χ2v) is 11.3. The molecule has 2 aromatic carbocycles. The molecular formula is C32H40N4O9. The van der Waals surface area contributed by atoms with Crippen LogP contribution in [0, 0.1) is 11.8 Å². The first kappa shape index (κ1) is 34.5. The molecule has 0 atom stereocenters. The van der Waals surface area contributed by atoms with E-state index in [9.17, 15) is 28.8 Å². The minimum Gasteiger partial charge on any atom is -0.463 e. The number of hydrogen-bond acceptors (Lipinski definition) is 9. The van der Waals surface area contributed by atoms with Crippen molar-refractivity contribution >= 4 is 35.8 Å². The van der Waals surface area contributed by atoms with E-state index in [1.165, 1.54) is 0 Å². The first-order valence-corrected chi connectivity index (χ1v) is 14.7. The molecule has 13 nitrogen and oxygen atoms in total. The van der Waals surface area contributed by atoms with Crippen LogP contribution in [0.4, 0.5) is 4.79 Å². The molecule has 0 spiro atoms. The van der Waals surface area contributed by atoms with Gasteiger partial charge in [-0.2, -0.15) is 0 Å². The highest BCUT2D eigenvalue weighted by molar-refractivity contribution is 6.03. The summed E-state index contributed by atoms with van der Waals surface area (Å²) in [5.74, 6) is -4.32. The number of carbonyl (C=O) groups excluding carboxylic acids is 6. The Morgan fingerprint density at radius 1 is 0.622 bits per heavy atom. The summed E-state index contributed by atoms with van der Waals surface area (Å²) in [4.78, 5) is 73.7. The average molecular weight is 625 g/mol. The maximum absolute atomic E-state index is 12.4. The van der Waals surface area contributed by atoms with Crippen molar-refractivity contribution in [3.8, 4) is 11.1 Å². The molecular weight excluding hydrogens is 584 g/mol. The molecule has 0 saturated carbocycles. The minimum atomic E-state index is -1.70. The highest BCUT2D eigenvalue weighted by Gasteiger charge is 2.32. The lowest BCUT2D eigenvalue weighted by molar-refractivity contribution is -0.161. The summed E-state index contributed by atoms with van der Waals surface area (Å²) in [6, 6.07) is 14.1. The average Bonchev–Trinajstić information content (AvgIpc) is 3.34. The first-order valence-electron chi connectivity index (χ1n) is 14.7. The van der Waals surface area contributed by atoms with Crippen LogP contribution in [-0.4, -0.2) is 81.3 Å². The molecule has 242 valence electrons. The molecule has 1 aliphatic rings. The van der Waals surface area contributed by atoms with Gasteiger partial charge in [0.25, 0.3) is 0 Å². The Kier molecular flexibility index (Phi) is 12.9. The monoisotopic (exact) mass is 624 g/mol. The molecule has 0 fully saturated rings. The van der Waals surface area contributed by atoms with E-state index in [0.717, 1.165) is 22.3 Å². The predicted octanol–water partition coefficient (Wildman–Crippen LogP) is 1.64. The molecule has 0 radical (unpaired) electrons. The van der Waals surface area contributed by atoms with Crippen molar-refractivity contribution in [2.24, 2.45) is 11.8 Å². The molecule has 0 unspecified atom stereocenters. The number of amides is 4. The fourth-order valence-electron chi connectivity index (χ4n) is 4.37. The lowest BCUT2D eigenvalue weighted by Crippen LogP contribution is -2.52. The van der Waals surface area contributed by atoms with Gasteiger partial charge < -0.3 is 35.5 Å². The van der Waals surface area contributed by atoms with Crippen molar-refractivity contribution in [3.63, 3.8) is 0 Å². The third kappa shape index (κ3) is 10.6. The van der Waals surface area contributed by atoms with Gasteiger partial charge in [0.15, 0.2) is 0 Å². The Labute approximate surface area is 261 Å². The second-order valence-electron chi connectivity index (χ2n) is 11.3. The lowest BCUT2D eigenvalue weighted by Gasteiger charge is -2.18. The van der Waals surface area contributed by atoms with E-state index in [2.05, 4.69) is 21.3 Å². The van der Waals surface area contributed by atoms with E-state index >= 15 is 0 Å². The number of alkyl carbamates (subject to hydrolysis) is 1. The molecule has 1 aliphatic carbocycles. The third-order valence-corrected chi connectivity index (χ3v) is 6.52. The van der Waals surface area contributed by atoms with Gasteiger partial charge in [-0.3, -0.25) is 14.4 Å². The van der Waals surface area contributed by atoms with Crippen LogP contribution < -0.4 is 21.3 Å². The topological polar surface area (TPSA) is 178 Å². The number of nitrogens with one attached hydrogen (secondary N) is 4. The molecule has 13 heteroatoms. The van der Waals surface area contributed by atoms with Gasteiger partial charge >= 0.3 is 18.0 Å². The molecule has 4 amide bonds. The number of fused-ring (bicyclic) bond motifs is 3. The summed E-state index contributed by atoms with van der Waals surface area (Å²) in [5, 5.41) is 9.15. The molecule has 0 bridgehead atoms. The summed E-state index contributed by atoms with van der Waals surface area (Å²) < 4.78 is 15.5. The molecule has 0 heterocycles. The standard InChI is InChI=1S/C32H40N4O9/c1-19(2)16-43-30(40)29(31(41)44-17-20(3)4)36-28(39)15-34-26(37)13-33-27(38)14-35-32(42)45-18-25-23-11-7-5-9-21(23)22-10-6-8-12-24(22)25/h5-12,19-20,25,29H,13-18H2,1-4H3,(H,33,38)(H,34,37)(H,35,42)(H,36,39). The maximum Gasteiger partial charge on any atom is 0.407 e. The number of carbonyl (C=O) groups is 6. The molecule has 2 aromatic rings. The largest absolute Gasteiger partial charge is 0.463 e. The molecule has 4 N–H and O–H groups in total. The van der Waals surface area contributed by atoms with Crippen molar-refractivity contribution in [2.75, 3.05) is 39.5 Å². The lowest BCUT2D eigenvalue weighted by atomic mass is 9.98. The minimum absolute atomic E-state index is 0.000555. The van der Waals surface area contributed by atoms with Gasteiger partial charge in [-0.1, -0.05) is 76.2 Å². The van der Waals surface area contributed by atoms with Gasteiger partial charge in [0.1, 0.15) is 13.2 Å². The smallest absolute Gasteiger partial charge is 0.407 e. The van der Waals surface area contributed by atoms with Crippen LogP contribution in [0.3, 0.4) is 0 Å². The van der Waals surface area contributed by atoms with Crippen molar-refractivity contribution in [2.45, 2.75) is 39.7 Å². The molecule has 3 rings (SSSR count). The number of ether oxygens (including phenoxy) is 3. The number of esters is 2. The zero-order valence-corrected chi connectivity index (χ0v) is 25.8. The van der Waals surface area contributed by atoms with Crippen LogP contribution in [0.15, 0.2) is 48.5 Å². The number of hydrogen-bond donors (Lipinski definition) is 4. The number of rotatable bonds is 15.